The molecule has 3 saturated heterocycles. The van der Waals surface area contributed by atoms with Gasteiger partial charge in [-0.3, -0.25) is 14.4 Å². The van der Waals surface area contributed by atoms with E-state index < -0.39 is 47.8 Å². The summed E-state index contributed by atoms with van der Waals surface area (Å²) in [4.78, 5) is 73.0. The highest BCUT2D eigenvalue weighted by Gasteiger charge is 2.45. The van der Waals surface area contributed by atoms with Gasteiger partial charge in [0.25, 0.3) is 47.8 Å². The Hall–Kier alpha value is -8.16. The number of aromatic nitrogens is 6. The van der Waals surface area contributed by atoms with E-state index in [0.717, 1.165) is 36.3 Å². The van der Waals surface area contributed by atoms with Crippen LogP contribution >= 0.6 is 0 Å². The maximum atomic E-state index is 13.3. The Morgan fingerprint density at radius 1 is 0.394 bits per heavy atom. The summed E-state index contributed by atoms with van der Waals surface area (Å²) in [6.07, 6.45) is 2.10. The molecule has 0 aliphatic carbocycles. The molecule has 12 rings (SSSR count). The predicted octanol–water partition coefficient (Wildman–Crippen LogP) is 8.81. The van der Waals surface area contributed by atoms with Gasteiger partial charge < -0.3 is 44.9 Å². The number of hydrogen-bond donors (Lipinski definition) is 6. The third-order valence-corrected chi connectivity index (χ3v) is 21.6. The van der Waals surface area contributed by atoms with E-state index in [2.05, 4.69) is 101 Å². The van der Waals surface area contributed by atoms with E-state index in [1.165, 1.54) is 18.2 Å². The zero-order valence-electron chi connectivity index (χ0n) is 59.0. The maximum Gasteiger partial charge on any atom is 0.281 e. The highest BCUT2D eigenvalue weighted by atomic mass is 32.2. The first-order chi connectivity index (χ1) is 46.1. The first-order valence-electron chi connectivity index (χ1n) is 33.2. The van der Waals surface area contributed by atoms with Crippen molar-refractivity contribution in [2.24, 2.45) is 0 Å². The van der Waals surface area contributed by atoms with Crippen LogP contribution in [0.25, 0.3) is 0 Å². The number of nitrogens with one attached hydrogen (secondary N) is 6. The Bertz CT molecular complexity index is 3980. The quantitative estimate of drug-likeness (QED) is 0.0827. The summed E-state index contributed by atoms with van der Waals surface area (Å²) in [6, 6.07) is 24.1. The van der Waals surface area contributed by atoms with Gasteiger partial charge in [-0.25, -0.2) is 44.1 Å². The fourth-order valence-electron chi connectivity index (χ4n) is 12.6. The van der Waals surface area contributed by atoms with E-state index in [1.807, 2.05) is 62.3 Å². The number of anilines is 6. The van der Waals surface area contributed by atoms with Crippen LogP contribution in [0.2, 0.25) is 0 Å². The Balaban J connectivity index is 0.000000211. The van der Waals surface area contributed by atoms with Gasteiger partial charge in [-0.1, -0.05) is 80.5 Å². The monoisotopic (exact) mass is 1430 g/mol. The van der Waals surface area contributed by atoms with Crippen LogP contribution in [0.5, 0.6) is 0 Å². The van der Waals surface area contributed by atoms with Crippen LogP contribution in [0.1, 0.15) is 176 Å². The summed E-state index contributed by atoms with van der Waals surface area (Å²) in [6.45, 7) is 35.3. The largest absolute Gasteiger partial charge is 0.374 e. The Morgan fingerprint density at radius 3 is 0.889 bits per heavy atom. The number of fused-ring (bicyclic) bond motifs is 18. The molecule has 0 radical (unpaired) electrons. The highest BCUT2D eigenvalue weighted by molar-refractivity contribution is 7.90. The molecular weight excluding hydrogens is 1330 g/mol. The van der Waals surface area contributed by atoms with E-state index >= 15 is 0 Å². The lowest BCUT2D eigenvalue weighted by atomic mass is 9.91. The molecule has 3 atom stereocenters. The van der Waals surface area contributed by atoms with Crippen LogP contribution in [0, 0.1) is 0 Å². The fraction of sp³-hybridized carbons (Fsp3) is 0.522. The van der Waals surface area contributed by atoms with Crippen LogP contribution in [0.15, 0.2) is 106 Å². The Morgan fingerprint density at radius 2 is 0.646 bits per heavy atom. The number of ether oxygens (including phenoxy) is 3. The lowest BCUT2D eigenvalue weighted by Crippen LogP contribution is -2.41. The third-order valence-electron chi connectivity index (χ3n) is 17.9. The number of sulfonamides is 3. The summed E-state index contributed by atoms with van der Waals surface area (Å²) in [5.41, 5.74) is 1.29. The zero-order valence-corrected chi connectivity index (χ0v) is 61.5. The molecule has 12 bridgehead atoms. The van der Waals surface area contributed by atoms with Crippen molar-refractivity contribution in [3.05, 3.63) is 125 Å². The van der Waals surface area contributed by atoms with E-state index in [-0.39, 0.29) is 87.2 Å². The summed E-state index contributed by atoms with van der Waals surface area (Å²) in [5.74, 6) is 0.342. The first-order valence-corrected chi connectivity index (χ1v) is 37.6. The van der Waals surface area contributed by atoms with Crippen molar-refractivity contribution in [2.75, 3.05) is 89.7 Å². The second-order valence-corrected chi connectivity index (χ2v) is 35.4. The standard InChI is InChI=1S/3C23H31N5O4S.3H2/c3*1-22(2,3)17-10-9-16-20(25-17)28-14-15(13-23(28,4)5)32-12-11-24-18-7-6-8-19(26-18)33(30,31)27-21(16)29;;;/h3*6-10,15H,11-14H2,1-5H3,(H,24,26)(H,27,29);3*1H. The normalized spacial score (nSPS) is 22.4. The average molecular weight is 1430 g/mol. The molecule has 6 aliphatic rings. The van der Waals surface area contributed by atoms with Crippen LogP contribution < -0.4 is 44.8 Å². The van der Waals surface area contributed by atoms with Gasteiger partial charge in [0.1, 0.15) is 34.9 Å². The maximum absolute atomic E-state index is 13.3. The van der Waals surface area contributed by atoms with E-state index in [9.17, 15) is 39.6 Å². The van der Waals surface area contributed by atoms with Gasteiger partial charge in [-0.15, -0.1) is 0 Å². The molecule has 6 aromatic rings. The molecule has 0 aromatic carbocycles. The second kappa shape index (κ2) is 27.8. The van der Waals surface area contributed by atoms with E-state index in [4.69, 9.17) is 29.2 Å². The number of carbonyl (C=O) groups is 3. The van der Waals surface area contributed by atoms with Gasteiger partial charge in [0, 0.05) is 93.5 Å². The molecule has 0 saturated carbocycles. The van der Waals surface area contributed by atoms with Crippen molar-refractivity contribution in [2.45, 2.75) is 189 Å². The minimum Gasteiger partial charge on any atom is -0.374 e. The molecule has 27 nitrogen and oxygen atoms in total. The van der Waals surface area contributed by atoms with Crippen molar-refractivity contribution >= 4 is 82.7 Å². The minimum atomic E-state index is -4.18. The summed E-state index contributed by atoms with van der Waals surface area (Å²) in [7, 11) is -12.5. The zero-order chi connectivity index (χ0) is 72.1. The average Bonchev–Trinajstić information content (AvgIpc) is 1.54. The molecule has 540 valence electrons. The van der Waals surface area contributed by atoms with Gasteiger partial charge in [-0.05, 0) is 134 Å². The Kier molecular flexibility index (Phi) is 20.6. The van der Waals surface area contributed by atoms with Crippen LogP contribution in [0.3, 0.4) is 0 Å². The SMILES string of the molecule is CC(C)(C)c1ccc2c(n1)N1CC(CC1(C)C)OCCNc1cccc(n1)S(=O)(=O)NC2=O.CC(C)(C)c1ccc2c(n1)N1CC(CC1(C)C)OCCNc1cccc(n1)S(=O)(=O)NC2=O.CC(C)(C)c1ccc2c(n1)N1CC(CC1(C)C)OCCNc1cccc(n1)S(=O)(=O)NC2=O.[HH].[HH].[HH]. The third kappa shape index (κ3) is 17.0. The molecule has 99 heavy (non-hydrogen) atoms. The first kappa shape index (κ1) is 73.6. The number of rotatable bonds is 0. The van der Waals surface area contributed by atoms with E-state index in [1.54, 1.807) is 72.8 Å². The molecule has 3 unspecified atom stereocenters. The molecule has 6 aliphatic heterocycles. The van der Waals surface area contributed by atoms with Crippen LogP contribution in [0.4, 0.5) is 34.9 Å². The molecule has 30 heteroatoms. The lowest BCUT2D eigenvalue weighted by molar-refractivity contribution is 0.0708. The molecule has 6 aromatic heterocycles. The smallest absolute Gasteiger partial charge is 0.281 e. The molecule has 0 spiro atoms. The Labute approximate surface area is 585 Å². The van der Waals surface area contributed by atoms with Crippen molar-refractivity contribution in [3.63, 3.8) is 0 Å². The predicted molar refractivity (Wildman–Crippen MR) is 385 cm³/mol. The summed E-state index contributed by atoms with van der Waals surface area (Å²) in [5, 5.41) is 8.54. The van der Waals surface area contributed by atoms with Gasteiger partial charge in [-0.2, -0.15) is 25.3 Å². The molecule has 6 N–H and O–H groups in total. The highest BCUT2D eigenvalue weighted by Crippen LogP contribution is 2.41. The topological polar surface area (TPSA) is 341 Å². The van der Waals surface area contributed by atoms with Crippen LogP contribution in [-0.2, 0) is 60.5 Å². The van der Waals surface area contributed by atoms with Crippen molar-refractivity contribution in [3.8, 4) is 0 Å². The fourth-order valence-corrected chi connectivity index (χ4v) is 15.4. The van der Waals surface area contributed by atoms with E-state index in [0.29, 0.717) is 94.0 Å². The number of carbonyl (C=O) groups excluding carboxylic acids is 3. The number of hydrogen-bond acceptors (Lipinski definition) is 24. The minimum absolute atomic E-state index is 0. The van der Waals surface area contributed by atoms with Gasteiger partial charge in [0.2, 0.25) is 0 Å². The molecular formula is C69H99N15O12S3. The van der Waals surface area contributed by atoms with Gasteiger partial charge in [0.15, 0.2) is 15.1 Å². The number of nitrogens with zero attached hydrogens (tertiary/aromatic N) is 9. The van der Waals surface area contributed by atoms with Gasteiger partial charge >= 0.3 is 0 Å². The lowest BCUT2D eigenvalue weighted by Gasteiger charge is -2.34. The summed E-state index contributed by atoms with van der Waals surface area (Å²) >= 11 is 0. The number of pyridine rings is 6. The molecule has 3 fully saturated rings. The number of amides is 3. The van der Waals surface area contributed by atoms with Crippen molar-refractivity contribution in [1.82, 2.24) is 44.1 Å². The van der Waals surface area contributed by atoms with Crippen molar-refractivity contribution in [1.29, 1.82) is 0 Å². The van der Waals surface area contributed by atoms with Crippen molar-refractivity contribution < 1.29 is 58.1 Å². The molecule has 12 heterocycles. The molecule has 3 amide bonds. The second-order valence-electron chi connectivity index (χ2n) is 30.5. The van der Waals surface area contributed by atoms with Crippen LogP contribution in [-0.4, -0.2) is 167 Å². The summed E-state index contributed by atoms with van der Waals surface area (Å²) < 4.78 is 103. The van der Waals surface area contributed by atoms with Gasteiger partial charge in [0.05, 0.1) is 54.8 Å².